The number of nitrogens with zero attached hydrogens (tertiary/aromatic N) is 2. The van der Waals surface area contributed by atoms with Crippen molar-refractivity contribution in [2.24, 2.45) is 5.14 Å². The average molecular weight is 610 g/mol. The Kier molecular flexibility index (Phi) is 6.97. The fourth-order valence-corrected chi connectivity index (χ4v) is 6.56. The lowest BCUT2D eigenvalue weighted by molar-refractivity contribution is -0.139. The Bertz CT molecular complexity index is 1860. The maximum absolute atomic E-state index is 13.8. The molecule has 1 aliphatic rings. The van der Waals surface area contributed by atoms with E-state index in [1.54, 1.807) is 48.5 Å². The summed E-state index contributed by atoms with van der Waals surface area (Å²) in [5.41, 5.74) is -0.451. The van der Waals surface area contributed by atoms with Gasteiger partial charge in [0.2, 0.25) is 20.0 Å². The average Bonchev–Trinajstić information content (AvgIpc) is 3.37. The number of anilines is 1. The van der Waals surface area contributed by atoms with Crippen LogP contribution in [0.25, 0.3) is 16.9 Å². The third kappa shape index (κ3) is 5.33. The minimum atomic E-state index is -5.15. The van der Waals surface area contributed by atoms with Gasteiger partial charge in [-0.2, -0.15) is 23.0 Å². The predicted molar refractivity (Wildman–Crippen MR) is 142 cm³/mol. The third-order valence-corrected chi connectivity index (χ3v) is 8.70. The molecule has 0 fully saturated rings. The normalized spacial score (nSPS) is 16.5. The topological polar surface area (TPSA) is 155 Å². The number of para-hydroxylation sites is 1. The molecule has 0 unspecified atom stereocenters. The van der Waals surface area contributed by atoms with Crippen molar-refractivity contribution in [1.29, 1.82) is 0 Å². The predicted octanol–water partition coefficient (Wildman–Crippen LogP) is 3.63. The van der Waals surface area contributed by atoms with Gasteiger partial charge in [0.15, 0.2) is 11.5 Å². The first-order valence-electron chi connectivity index (χ1n) is 11.7. The highest BCUT2D eigenvalue weighted by Crippen LogP contribution is 2.42. The standard InChI is InChI=1S/C25H22F3N5O6S2/c1-38-19-9-8-14(10-20(19)39-2)23-16(13-33(31-23)15-6-4-3-5-7-15)24-30-18-11-17(25(26,27)28)21(40(29,34)35)12-22(18)41(36,37)32-24/h3-13,24,30,32H,1-2H3,(H2,29,34,35)/t24-/m0/s1. The van der Waals surface area contributed by atoms with Gasteiger partial charge in [-0.1, -0.05) is 18.2 Å². The van der Waals surface area contributed by atoms with Gasteiger partial charge in [0.1, 0.15) is 11.1 Å². The van der Waals surface area contributed by atoms with Crippen LogP contribution in [-0.4, -0.2) is 40.8 Å². The lowest BCUT2D eigenvalue weighted by Gasteiger charge is -2.29. The number of fused-ring (bicyclic) bond motifs is 1. The van der Waals surface area contributed by atoms with Gasteiger partial charge >= 0.3 is 6.18 Å². The van der Waals surface area contributed by atoms with Gasteiger partial charge in [-0.3, -0.25) is 0 Å². The second-order valence-corrected chi connectivity index (χ2v) is 12.1. The number of alkyl halides is 3. The third-order valence-electron chi connectivity index (χ3n) is 6.29. The number of methoxy groups -OCH3 is 2. The van der Waals surface area contributed by atoms with Crippen molar-refractivity contribution in [3.05, 3.63) is 78.0 Å². The fraction of sp³-hybridized carbons (Fsp3) is 0.160. The van der Waals surface area contributed by atoms with Crippen molar-refractivity contribution < 1.29 is 39.5 Å². The van der Waals surface area contributed by atoms with Crippen LogP contribution < -0.4 is 24.7 Å². The van der Waals surface area contributed by atoms with E-state index < -0.39 is 53.4 Å². The summed E-state index contributed by atoms with van der Waals surface area (Å²) in [5.74, 6) is 0.786. The van der Waals surface area contributed by atoms with E-state index in [4.69, 9.17) is 14.6 Å². The Morgan fingerprint density at radius 1 is 1.00 bits per heavy atom. The monoisotopic (exact) mass is 609 g/mol. The van der Waals surface area contributed by atoms with Crippen molar-refractivity contribution in [3.8, 4) is 28.4 Å². The number of hydrogen-bond acceptors (Lipinski definition) is 8. The first kappa shape index (κ1) is 28.4. The van der Waals surface area contributed by atoms with Crippen LogP contribution in [0, 0.1) is 0 Å². The molecule has 5 rings (SSSR count). The van der Waals surface area contributed by atoms with Crippen molar-refractivity contribution in [2.75, 3.05) is 19.5 Å². The maximum Gasteiger partial charge on any atom is 0.417 e. The highest BCUT2D eigenvalue weighted by molar-refractivity contribution is 7.90. The van der Waals surface area contributed by atoms with Gasteiger partial charge in [-0.15, -0.1) is 0 Å². The molecule has 2 heterocycles. The fourth-order valence-electron chi connectivity index (χ4n) is 4.42. The van der Waals surface area contributed by atoms with Crippen LogP contribution in [0.1, 0.15) is 17.3 Å². The van der Waals surface area contributed by atoms with Crippen molar-refractivity contribution in [2.45, 2.75) is 22.1 Å². The molecule has 1 aliphatic heterocycles. The zero-order valence-electron chi connectivity index (χ0n) is 21.3. The Morgan fingerprint density at radius 2 is 1.68 bits per heavy atom. The number of sulfonamides is 2. The van der Waals surface area contributed by atoms with Gasteiger partial charge in [-0.25, -0.2) is 26.7 Å². The summed E-state index contributed by atoms with van der Waals surface area (Å²) in [6.45, 7) is 0. The number of nitrogens with one attached hydrogen (secondary N) is 2. The van der Waals surface area contributed by atoms with Gasteiger partial charge < -0.3 is 14.8 Å². The van der Waals surface area contributed by atoms with E-state index in [0.717, 1.165) is 0 Å². The molecule has 4 aromatic rings. The molecule has 1 atom stereocenters. The van der Waals surface area contributed by atoms with E-state index in [9.17, 15) is 30.0 Å². The largest absolute Gasteiger partial charge is 0.493 e. The summed E-state index contributed by atoms with van der Waals surface area (Å²) in [4.78, 5) is -2.08. The molecular formula is C25H22F3N5O6S2. The summed E-state index contributed by atoms with van der Waals surface area (Å²) in [6.07, 6.45) is -4.93. The van der Waals surface area contributed by atoms with E-state index in [1.807, 2.05) is 0 Å². The van der Waals surface area contributed by atoms with Crippen LogP contribution in [0.15, 0.2) is 76.7 Å². The van der Waals surface area contributed by atoms with Crippen molar-refractivity contribution in [3.63, 3.8) is 0 Å². The van der Waals surface area contributed by atoms with E-state index in [2.05, 4.69) is 15.1 Å². The summed E-state index contributed by atoms with van der Waals surface area (Å²) in [5, 5.41) is 12.4. The van der Waals surface area contributed by atoms with E-state index in [-0.39, 0.29) is 11.3 Å². The zero-order valence-corrected chi connectivity index (χ0v) is 22.9. The molecule has 11 nitrogen and oxygen atoms in total. The first-order chi connectivity index (χ1) is 19.2. The van der Waals surface area contributed by atoms with Gasteiger partial charge in [-0.05, 0) is 42.5 Å². The number of primary sulfonamides is 1. The Labute approximate surface area is 232 Å². The smallest absolute Gasteiger partial charge is 0.417 e. The number of halogens is 3. The van der Waals surface area contributed by atoms with E-state index in [1.165, 1.54) is 25.1 Å². The van der Waals surface area contributed by atoms with Crippen LogP contribution in [0.4, 0.5) is 18.9 Å². The number of rotatable bonds is 6. The van der Waals surface area contributed by atoms with Gasteiger partial charge in [0.05, 0.1) is 41.7 Å². The van der Waals surface area contributed by atoms with Crippen molar-refractivity contribution >= 4 is 25.7 Å². The van der Waals surface area contributed by atoms with Crippen LogP contribution in [-0.2, 0) is 26.2 Å². The lowest BCUT2D eigenvalue weighted by atomic mass is 10.1. The number of hydrogen-bond donors (Lipinski definition) is 3. The minimum Gasteiger partial charge on any atom is -0.493 e. The summed E-state index contributed by atoms with van der Waals surface area (Å²) >= 11 is 0. The molecule has 0 aliphatic carbocycles. The van der Waals surface area contributed by atoms with Crippen LogP contribution >= 0.6 is 0 Å². The van der Waals surface area contributed by atoms with Crippen LogP contribution in [0.5, 0.6) is 11.5 Å². The second kappa shape index (κ2) is 10.1. The molecule has 1 aromatic heterocycles. The number of nitrogens with two attached hydrogens (primary N) is 1. The lowest BCUT2D eigenvalue weighted by Crippen LogP contribution is -2.39. The molecule has 41 heavy (non-hydrogen) atoms. The molecule has 0 spiro atoms. The summed E-state index contributed by atoms with van der Waals surface area (Å²) in [7, 11) is -6.57. The van der Waals surface area contributed by atoms with Crippen LogP contribution in [0.2, 0.25) is 0 Å². The molecule has 0 amide bonds. The molecule has 0 saturated carbocycles. The molecule has 216 valence electrons. The van der Waals surface area contributed by atoms with Gasteiger partial charge in [0.25, 0.3) is 0 Å². The molecule has 0 bridgehead atoms. The SMILES string of the molecule is COc1ccc(-c2nn(-c3ccccc3)cc2[C@H]2Nc3cc(C(F)(F)F)c(S(N)(=O)=O)cc3S(=O)(=O)N2)cc1OC. The Hall–Kier alpha value is -4.12. The number of benzene rings is 3. The second-order valence-electron chi connectivity index (χ2n) is 8.87. The van der Waals surface area contributed by atoms with Crippen LogP contribution in [0.3, 0.4) is 0 Å². The molecular weight excluding hydrogens is 587 g/mol. The molecule has 0 radical (unpaired) electrons. The number of ether oxygens (including phenoxy) is 2. The van der Waals surface area contributed by atoms with Crippen molar-refractivity contribution in [1.82, 2.24) is 14.5 Å². The summed E-state index contributed by atoms with van der Waals surface area (Å²) < 4.78 is 106. The molecule has 0 saturated heterocycles. The highest BCUT2D eigenvalue weighted by Gasteiger charge is 2.41. The zero-order chi connectivity index (χ0) is 29.7. The van der Waals surface area contributed by atoms with Gasteiger partial charge in [0, 0.05) is 17.3 Å². The molecule has 4 N–H and O–H groups in total. The Balaban J connectivity index is 1.70. The summed E-state index contributed by atoms with van der Waals surface area (Å²) in [6, 6.07) is 14.6. The van der Waals surface area contributed by atoms with E-state index in [0.29, 0.717) is 34.9 Å². The highest BCUT2D eigenvalue weighted by atomic mass is 32.2. The minimum absolute atomic E-state index is 0.249. The molecule has 3 aromatic carbocycles. The Morgan fingerprint density at radius 3 is 2.29 bits per heavy atom. The maximum atomic E-state index is 13.8. The first-order valence-corrected chi connectivity index (χ1v) is 14.7. The molecule has 16 heteroatoms. The number of aromatic nitrogens is 2. The quantitative estimate of drug-likeness (QED) is 0.300. The van der Waals surface area contributed by atoms with E-state index >= 15 is 0 Å².